The number of carboxylic acids is 1. The van der Waals surface area contributed by atoms with Gasteiger partial charge in [-0.15, -0.1) is 0 Å². The maximum absolute atomic E-state index is 10.9. The highest BCUT2D eigenvalue weighted by atomic mass is 35.5. The van der Waals surface area contributed by atoms with Crippen LogP contribution in [0.3, 0.4) is 0 Å². The van der Waals surface area contributed by atoms with Gasteiger partial charge < -0.3 is 10.0 Å². The molecular weight excluding hydrogens is 262 g/mol. The minimum atomic E-state index is -0.766. The maximum Gasteiger partial charge on any atom is 0.306 e. The molecule has 1 saturated heterocycles. The summed E-state index contributed by atoms with van der Waals surface area (Å²) >= 11 is 6.35. The van der Waals surface area contributed by atoms with Gasteiger partial charge in [0, 0.05) is 11.6 Å². The molecule has 2 unspecified atom stereocenters. The second-order valence-electron chi connectivity index (χ2n) is 5.55. The number of halogens is 1. The van der Waals surface area contributed by atoms with Crippen LogP contribution in [0.25, 0.3) is 0 Å². The fraction of sp³-hybridized carbons (Fsp3) is 0.533. The van der Waals surface area contributed by atoms with Crippen LogP contribution >= 0.6 is 11.6 Å². The van der Waals surface area contributed by atoms with Crippen LogP contribution < -0.4 is 0 Å². The second kappa shape index (κ2) is 5.93. The van der Waals surface area contributed by atoms with Crippen LogP contribution in [0.4, 0.5) is 0 Å². The minimum absolute atomic E-state index is 0.375. The predicted octanol–water partition coefficient (Wildman–Crippen LogP) is 3.02. The van der Waals surface area contributed by atoms with Gasteiger partial charge in [0.05, 0.1) is 5.92 Å². The van der Waals surface area contributed by atoms with Crippen molar-refractivity contribution in [2.45, 2.75) is 25.7 Å². The summed E-state index contributed by atoms with van der Waals surface area (Å²) in [7, 11) is 2.12. The van der Waals surface area contributed by atoms with Crippen molar-refractivity contribution in [3.05, 3.63) is 34.3 Å². The van der Waals surface area contributed by atoms with E-state index < -0.39 is 5.97 Å². The summed E-state index contributed by atoms with van der Waals surface area (Å²) in [6.45, 7) is 3.87. The van der Waals surface area contributed by atoms with Crippen molar-refractivity contribution in [3.63, 3.8) is 0 Å². The first-order valence-corrected chi connectivity index (χ1v) is 7.05. The van der Waals surface area contributed by atoms with Gasteiger partial charge in [0.15, 0.2) is 0 Å². The first-order chi connectivity index (χ1) is 8.97. The lowest BCUT2D eigenvalue weighted by molar-refractivity contribution is -0.141. The zero-order chi connectivity index (χ0) is 14.0. The molecule has 0 spiro atoms. The van der Waals surface area contributed by atoms with E-state index in [1.165, 1.54) is 5.56 Å². The summed E-state index contributed by atoms with van der Waals surface area (Å²) in [6.07, 6.45) is 1.67. The van der Waals surface area contributed by atoms with Gasteiger partial charge in [0.1, 0.15) is 0 Å². The largest absolute Gasteiger partial charge is 0.481 e. The molecule has 0 bridgehead atoms. The summed E-state index contributed by atoms with van der Waals surface area (Å²) in [6, 6.07) is 6.00. The normalized spacial score (nSPS) is 21.5. The maximum atomic E-state index is 10.9. The SMILES string of the molecule is CC(Cc1ccc(C2CCN(C)C2)c(Cl)c1)C(=O)O. The van der Waals surface area contributed by atoms with E-state index in [4.69, 9.17) is 16.7 Å². The number of rotatable bonds is 4. The molecule has 0 radical (unpaired) electrons. The molecule has 1 aromatic carbocycles. The smallest absolute Gasteiger partial charge is 0.306 e. The Balaban J connectivity index is 2.11. The van der Waals surface area contributed by atoms with Gasteiger partial charge in [-0.1, -0.05) is 30.7 Å². The average Bonchev–Trinajstić information content (AvgIpc) is 2.75. The Kier molecular flexibility index (Phi) is 4.48. The molecule has 2 rings (SSSR count). The van der Waals surface area contributed by atoms with E-state index in [9.17, 15) is 4.79 Å². The van der Waals surface area contributed by atoms with Gasteiger partial charge >= 0.3 is 5.97 Å². The summed E-state index contributed by atoms with van der Waals surface area (Å²) in [5.41, 5.74) is 2.19. The van der Waals surface area contributed by atoms with E-state index in [0.29, 0.717) is 12.3 Å². The van der Waals surface area contributed by atoms with Crippen LogP contribution in [0.15, 0.2) is 18.2 Å². The zero-order valence-electron chi connectivity index (χ0n) is 11.4. The average molecular weight is 282 g/mol. The molecule has 1 aliphatic heterocycles. The van der Waals surface area contributed by atoms with Crippen molar-refractivity contribution in [1.29, 1.82) is 0 Å². The molecule has 0 aromatic heterocycles. The lowest BCUT2D eigenvalue weighted by atomic mass is 9.94. The predicted molar refractivity (Wildman–Crippen MR) is 76.8 cm³/mol. The first-order valence-electron chi connectivity index (χ1n) is 6.67. The molecular formula is C15H20ClNO2. The van der Waals surface area contributed by atoms with E-state index in [0.717, 1.165) is 30.1 Å². The topological polar surface area (TPSA) is 40.5 Å². The number of likely N-dealkylation sites (tertiary alicyclic amines) is 1. The van der Waals surface area contributed by atoms with E-state index in [-0.39, 0.29) is 5.92 Å². The monoisotopic (exact) mass is 281 g/mol. The van der Waals surface area contributed by atoms with Crippen LogP contribution in [0.2, 0.25) is 5.02 Å². The molecule has 1 heterocycles. The van der Waals surface area contributed by atoms with Crippen molar-refractivity contribution in [1.82, 2.24) is 4.90 Å². The second-order valence-corrected chi connectivity index (χ2v) is 5.95. The molecule has 0 saturated carbocycles. The highest BCUT2D eigenvalue weighted by Crippen LogP contribution is 2.32. The third-order valence-electron chi connectivity index (χ3n) is 3.86. The van der Waals surface area contributed by atoms with Gasteiger partial charge in [-0.05, 0) is 49.5 Å². The number of likely N-dealkylation sites (N-methyl/N-ethyl adjacent to an activating group) is 1. The van der Waals surface area contributed by atoms with E-state index >= 15 is 0 Å². The summed E-state index contributed by atoms with van der Waals surface area (Å²) in [5.74, 6) is -0.638. The Bertz CT molecular complexity index is 475. The third-order valence-corrected chi connectivity index (χ3v) is 4.19. The quantitative estimate of drug-likeness (QED) is 0.922. The van der Waals surface area contributed by atoms with Crippen LogP contribution in [0, 0.1) is 5.92 Å². The molecule has 4 heteroatoms. The third kappa shape index (κ3) is 3.48. The van der Waals surface area contributed by atoms with Crippen molar-refractivity contribution >= 4 is 17.6 Å². The summed E-state index contributed by atoms with van der Waals surface area (Å²) in [5, 5.41) is 9.70. The van der Waals surface area contributed by atoms with Crippen molar-refractivity contribution in [3.8, 4) is 0 Å². The molecule has 104 valence electrons. The zero-order valence-corrected chi connectivity index (χ0v) is 12.2. The number of nitrogens with zero attached hydrogens (tertiary/aromatic N) is 1. The molecule has 0 aliphatic carbocycles. The van der Waals surface area contributed by atoms with Gasteiger partial charge in [-0.3, -0.25) is 4.79 Å². The molecule has 1 fully saturated rings. The van der Waals surface area contributed by atoms with Crippen LogP contribution in [0.5, 0.6) is 0 Å². The summed E-state index contributed by atoms with van der Waals surface area (Å²) in [4.78, 5) is 13.2. The molecule has 3 nitrogen and oxygen atoms in total. The first kappa shape index (κ1) is 14.4. The number of benzene rings is 1. The van der Waals surface area contributed by atoms with E-state index in [1.54, 1.807) is 6.92 Å². The Morgan fingerprint density at radius 3 is 2.84 bits per heavy atom. The lowest BCUT2D eigenvalue weighted by Gasteiger charge is -2.14. The molecule has 19 heavy (non-hydrogen) atoms. The standard InChI is InChI=1S/C15H20ClNO2/c1-10(15(18)19)7-11-3-4-13(14(16)8-11)12-5-6-17(2)9-12/h3-4,8,10,12H,5-7,9H2,1-2H3,(H,18,19). The highest BCUT2D eigenvalue weighted by molar-refractivity contribution is 6.31. The van der Waals surface area contributed by atoms with Crippen LogP contribution in [-0.2, 0) is 11.2 Å². The van der Waals surface area contributed by atoms with Crippen LogP contribution in [-0.4, -0.2) is 36.1 Å². The minimum Gasteiger partial charge on any atom is -0.481 e. The molecule has 1 N–H and O–H groups in total. The Hall–Kier alpha value is -1.06. The van der Waals surface area contributed by atoms with Gasteiger partial charge in [-0.25, -0.2) is 0 Å². The van der Waals surface area contributed by atoms with Crippen molar-refractivity contribution < 1.29 is 9.90 Å². The number of hydrogen-bond donors (Lipinski definition) is 1. The molecule has 1 aromatic rings. The van der Waals surface area contributed by atoms with Gasteiger partial charge in [-0.2, -0.15) is 0 Å². The molecule has 0 amide bonds. The highest BCUT2D eigenvalue weighted by Gasteiger charge is 2.23. The lowest BCUT2D eigenvalue weighted by Crippen LogP contribution is -2.14. The molecule has 2 atom stereocenters. The van der Waals surface area contributed by atoms with Gasteiger partial charge in [0.25, 0.3) is 0 Å². The Morgan fingerprint density at radius 1 is 1.58 bits per heavy atom. The molecule has 1 aliphatic rings. The van der Waals surface area contributed by atoms with Crippen molar-refractivity contribution in [2.24, 2.45) is 5.92 Å². The number of hydrogen-bond acceptors (Lipinski definition) is 2. The fourth-order valence-corrected chi connectivity index (χ4v) is 3.02. The fourth-order valence-electron chi connectivity index (χ4n) is 2.66. The van der Waals surface area contributed by atoms with Crippen LogP contribution in [0.1, 0.15) is 30.4 Å². The Labute approximate surface area is 119 Å². The van der Waals surface area contributed by atoms with Gasteiger partial charge in [0.2, 0.25) is 0 Å². The number of aliphatic carboxylic acids is 1. The number of carboxylic acid groups (broad SMARTS) is 1. The van der Waals surface area contributed by atoms with E-state index in [2.05, 4.69) is 18.0 Å². The van der Waals surface area contributed by atoms with E-state index in [1.807, 2.05) is 12.1 Å². The number of carbonyl (C=O) groups is 1. The van der Waals surface area contributed by atoms with Crippen molar-refractivity contribution in [2.75, 3.05) is 20.1 Å². The summed E-state index contributed by atoms with van der Waals surface area (Å²) < 4.78 is 0. The Morgan fingerprint density at radius 2 is 2.32 bits per heavy atom.